The van der Waals surface area contributed by atoms with Crippen LogP contribution in [0.2, 0.25) is 0 Å². The predicted molar refractivity (Wildman–Crippen MR) is 78.3 cm³/mol. The van der Waals surface area contributed by atoms with Gasteiger partial charge in [-0.3, -0.25) is 0 Å². The third-order valence-electron chi connectivity index (χ3n) is 5.33. The molecule has 0 aromatic rings. The van der Waals surface area contributed by atoms with Gasteiger partial charge in [-0.1, -0.05) is 12.8 Å². The average Bonchev–Trinajstić information content (AvgIpc) is 2.85. The highest BCUT2D eigenvalue weighted by Crippen LogP contribution is 2.48. The van der Waals surface area contributed by atoms with E-state index < -0.39 is 5.60 Å². The Morgan fingerprint density at radius 2 is 1.84 bits per heavy atom. The van der Waals surface area contributed by atoms with Crippen molar-refractivity contribution in [3.8, 4) is 0 Å². The van der Waals surface area contributed by atoms with Crippen molar-refractivity contribution in [3.63, 3.8) is 0 Å². The lowest BCUT2D eigenvalue weighted by atomic mass is 9.71. The minimum atomic E-state index is -0.640. The largest absolute Gasteiger partial charge is 0.389 e. The van der Waals surface area contributed by atoms with Crippen molar-refractivity contribution in [1.82, 2.24) is 5.32 Å². The van der Waals surface area contributed by atoms with Gasteiger partial charge in [0.1, 0.15) is 0 Å². The molecule has 1 atom stereocenters. The maximum absolute atomic E-state index is 10.2. The zero-order valence-electron chi connectivity index (χ0n) is 12.7. The van der Waals surface area contributed by atoms with Crippen LogP contribution >= 0.6 is 0 Å². The summed E-state index contributed by atoms with van der Waals surface area (Å²) >= 11 is 0. The first-order chi connectivity index (χ1) is 9.05. The van der Waals surface area contributed by atoms with E-state index in [1.54, 1.807) is 7.11 Å². The maximum Gasteiger partial charge on any atom is 0.0765 e. The van der Waals surface area contributed by atoms with Crippen LogP contribution in [0, 0.1) is 5.41 Å². The molecule has 0 bridgehead atoms. The number of rotatable bonds is 6. The third kappa shape index (κ3) is 4.44. The van der Waals surface area contributed by atoms with Crippen LogP contribution in [0.3, 0.4) is 0 Å². The van der Waals surface area contributed by atoms with Crippen LogP contribution in [0.4, 0.5) is 0 Å². The highest BCUT2D eigenvalue weighted by atomic mass is 16.5. The minimum absolute atomic E-state index is 0.611. The van der Waals surface area contributed by atoms with Crippen molar-refractivity contribution in [2.24, 2.45) is 5.41 Å². The lowest BCUT2D eigenvalue weighted by molar-refractivity contribution is 0.0200. The van der Waals surface area contributed by atoms with Crippen LogP contribution < -0.4 is 5.32 Å². The second kappa shape index (κ2) is 6.55. The molecule has 0 radical (unpaired) electrons. The van der Waals surface area contributed by atoms with E-state index in [1.165, 1.54) is 51.4 Å². The van der Waals surface area contributed by atoms with E-state index in [1.807, 2.05) is 6.92 Å². The van der Waals surface area contributed by atoms with Gasteiger partial charge < -0.3 is 15.2 Å². The predicted octanol–water partition coefficient (Wildman–Crippen LogP) is 2.87. The van der Waals surface area contributed by atoms with Gasteiger partial charge >= 0.3 is 0 Å². The van der Waals surface area contributed by atoms with Crippen molar-refractivity contribution >= 4 is 0 Å². The van der Waals surface area contributed by atoms with Gasteiger partial charge in [0.25, 0.3) is 0 Å². The van der Waals surface area contributed by atoms with Gasteiger partial charge in [0.05, 0.1) is 5.60 Å². The molecule has 0 heterocycles. The molecule has 2 N–H and O–H groups in total. The lowest BCUT2D eigenvalue weighted by Gasteiger charge is -2.38. The number of hydrogen-bond acceptors (Lipinski definition) is 3. The van der Waals surface area contributed by atoms with E-state index in [-0.39, 0.29) is 0 Å². The Balaban J connectivity index is 1.68. The molecule has 2 aliphatic carbocycles. The molecule has 1 spiro atoms. The Kier molecular flexibility index (Phi) is 5.27. The topological polar surface area (TPSA) is 41.5 Å². The highest BCUT2D eigenvalue weighted by Gasteiger charge is 2.37. The van der Waals surface area contributed by atoms with E-state index in [4.69, 9.17) is 4.74 Å². The summed E-state index contributed by atoms with van der Waals surface area (Å²) < 4.78 is 5.05. The Morgan fingerprint density at radius 1 is 1.21 bits per heavy atom. The van der Waals surface area contributed by atoms with Crippen LogP contribution in [-0.4, -0.2) is 37.0 Å². The Morgan fingerprint density at radius 3 is 2.42 bits per heavy atom. The normalized spacial score (nSPS) is 26.7. The molecule has 0 saturated heterocycles. The lowest BCUT2D eigenvalue weighted by Crippen LogP contribution is -2.45. The second-order valence-electron chi connectivity index (χ2n) is 7.10. The van der Waals surface area contributed by atoms with Crippen LogP contribution in [0.5, 0.6) is 0 Å². The molecule has 3 nitrogen and oxygen atoms in total. The third-order valence-corrected chi connectivity index (χ3v) is 5.33. The molecule has 0 aliphatic heterocycles. The fourth-order valence-corrected chi connectivity index (χ4v) is 3.83. The van der Waals surface area contributed by atoms with Crippen molar-refractivity contribution in [2.45, 2.75) is 76.4 Å². The first kappa shape index (κ1) is 15.3. The van der Waals surface area contributed by atoms with Gasteiger partial charge in [-0.25, -0.2) is 0 Å². The van der Waals surface area contributed by atoms with Crippen molar-refractivity contribution in [1.29, 1.82) is 0 Å². The molecular formula is C16H31NO2. The quantitative estimate of drug-likeness (QED) is 0.779. The van der Waals surface area contributed by atoms with Gasteiger partial charge in [-0.05, 0) is 50.9 Å². The maximum atomic E-state index is 10.2. The summed E-state index contributed by atoms with van der Waals surface area (Å²) in [6.07, 6.45) is 11.9. The molecule has 19 heavy (non-hydrogen) atoms. The van der Waals surface area contributed by atoms with Gasteiger partial charge in [0, 0.05) is 32.7 Å². The molecular weight excluding hydrogens is 238 g/mol. The average molecular weight is 269 g/mol. The van der Waals surface area contributed by atoms with E-state index in [2.05, 4.69) is 5.32 Å². The summed E-state index contributed by atoms with van der Waals surface area (Å²) in [5.74, 6) is 0. The number of nitrogens with one attached hydrogen (secondary N) is 1. The molecule has 3 heteroatoms. The molecule has 2 saturated carbocycles. The second-order valence-corrected chi connectivity index (χ2v) is 7.10. The van der Waals surface area contributed by atoms with Crippen LogP contribution in [0.1, 0.15) is 64.7 Å². The molecule has 2 aliphatic rings. The summed E-state index contributed by atoms with van der Waals surface area (Å²) in [4.78, 5) is 0. The highest BCUT2D eigenvalue weighted by molar-refractivity contribution is 4.92. The van der Waals surface area contributed by atoms with Gasteiger partial charge in [-0.15, -0.1) is 0 Å². The summed E-state index contributed by atoms with van der Waals surface area (Å²) in [6.45, 7) is 3.22. The van der Waals surface area contributed by atoms with Crippen LogP contribution in [0.25, 0.3) is 0 Å². The number of methoxy groups -OCH3 is 1. The molecule has 0 amide bonds. The first-order valence-corrected chi connectivity index (χ1v) is 8.00. The Labute approximate surface area is 118 Å². The van der Waals surface area contributed by atoms with Gasteiger partial charge in [0.15, 0.2) is 0 Å². The molecule has 1 unspecified atom stereocenters. The van der Waals surface area contributed by atoms with Crippen molar-refractivity contribution in [3.05, 3.63) is 0 Å². The number of aliphatic hydroxyl groups is 1. The van der Waals surface area contributed by atoms with Gasteiger partial charge in [0.2, 0.25) is 0 Å². The SMILES string of the molecule is COCCC(C)(O)CNC1CCC2(CCCC2)CC1. The fraction of sp³-hybridized carbons (Fsp3) is 1.00. The number of ether oxygens (including phenoxy) is 1. The molecule has 2 fully saturated rings. The smallest absolute Gasteiger partial charge is 0.0765 e. The molecule has 0 aromatic carbocycles. The fourth-order valence-electron chi connectivity index (χ4n) is 3.83. The standard InChI is InChI=1S/C16H31NO2/c1-15(18,11-12-19-2)13-17-14-5-9-16(10-6-14)7-3-4-8-16/h14,17-18H,3-13H2,1-2H3. The molecule has 0 aromatic heterocycles. The first-order valence-electron chi connectivity index (χ1n) is 8.00. The van der Waals surface area contributed by atoms with Crippen molar-refractivity contribution < 1.29 is 9.84 Å². The summed E-state index contributed by atoms with van der Waals surface area (Å²) in [5, 5.41) is 13.8. The zero-order valence-corrected chi connectivity index (χ0v) is 12.7. The minimum Gasteiger partial charge on any atom is -0.389 e. The summed E-state index contributed by atoms with van der Waals surface area (Å²) in [6, 6.07) is 0.611. The Hall–Kier alpha value is -0.120. The molecule has 112 valence electrons. The van der Waals surface area contributed by atoms with E-state index in [0.717, 1.165) is 0 Å². The summed E-state index contributed by atoms with van der Waals surface area (Å²) in [5.41, 5.74) is 0.0647. The van der Waals surface area contributed by atoms with Gasteiger partial charge in [-0.2, -0.15) is 0 Å². The van der Waals surface area contributed by atoms with E-state index >= 15 is 0 Å². The van der Waals surface area contributed by atoms with Crippen molar-refractivity contribution in [2.75, 3.05) is 20.3 Å². The monoisotopic (exact) mass is 269 g/mol. The van der Waals surface area contributed by atoms with Crippen LogP contribution in [0.15, 0.2) is 0 Å². The Bertz CT molecular complexity index is 262. The molecule has 2 rings (SSSR count). The number of hydrogen-bond donors (Lipinski definition) is 2. The zero-order chi connectivity index (χ0) is 13.8. The van der Waals surface area contributed by atoms with Crippen LogP contribution in [-0.2, 0) is 4.74 Å². The van der Waals surface area contributed by atoms with E-state index in [9.17, 15) is 5.11 Å². The summed E-state index contributed by atoms with van der Waals surface area (Å²) in [7, 11) is 1.69. The van der Waals surface area contributed by atoms with E-state index in [0.29, 0.717) is 31.0 Å².